The van der Waals surface area contributed by atoms with Crippen LogP contribution in [-0.4, -0.2) is 24.0 Å². The first kappa shape index (κ1) is 17.4. The van der Waals surface area contributed by atoms with Crippen LogP contribution >= 0.6 is 11.3 Å². The van der Waals surface area contributed by atoms with E-state index >= 15 is 0 Å². The van der Waals surface area contributed by atoms with Crippen molar-refractivity contribution in [2.24, 2.45) is 0 Å². The van der Waals surface area contributed by atoms with Gasteiger partial charge in [0.1, 0.15) is 5.82 Å². The molecule has 130 valence electrons. The minimum Gasteiger partial charge on any atom is -0.357 e. The Bertz CT molecular complexity index is 870. The molecule has 0 saturated carbocycles. The van der Waals surface area contributed by atoms with Crippen molar-refractivity contribution in [3.63, 3.8) is 0 Å². The van der Waals surface area contributed by atoms with Gasteiger partial charge in [0.25, 0.3) is 0 Å². The molecule has 3 rings (SSSR count). The second kappa shape index (κ2) is 7.66. The third-order valence-corrected chi connectivity index (χ3v) is 5.16. The number of thiophene rings is 1. The van der Waals surface area contributed by atoms with E-state index in [1.54, 1.807) is 11.3 Å². The van der Waals surface area contributed by atoms with Crippen molar-refractivity contribution in [1.82, 2.24) is 4.98 Å². The molecule has 4 nitrogen and oxygen atoms in total. The highest BCUT2D eigenvalue weighted by Crippen LogP contribution is 2.25. The van der Waals surface area contributed by atoms with Gasteiger partial charge in [0.05, 0.1) is 11.9 Å². The lowest BCUT2D eigenvalue weighted by atomic mass is 10.1. The zero-order chi connectivity index (χ0) is 17.8. The first-order valence-corrected chi connectivity index (χ1v) is 9.47. The Morgan fingerprint density at radius 2 is 2.00 bits per heavy atom. The fourth-order valence-corrected chi connectivity index (χ4v) is 3.64. The number of fused-ring (bicyclic) bond motifs is 1. The number of amides is 1. The molecule has 0 radical (unpaired) electrons. The molecular formula is C20H23N3OS. The summed E-state index contributed by atoms with van der Waals surface area (Å²) in [6.45, 7) is 8.23. The van der Waals surface area contributed by atoms with E-state index in [1.165, 1.54) is 5.56 Å². The van der Waals surface area contributed by atoms with Crippen LogP contribution < -0.4 is 10.2 Å². The fraction of sp³-hybridized carbons (Fsp3) is 0.300. The van der Waals surface area contributed by atoms with Crippen LogP contribution in [0.3, 0.4) is 0 Å². The highest BCUT2D eigenvalue weighted by Gasteiger charge is 2.10. The molecule has 0 atom stereocenters. The summed E-state index contributed by atoms with van der Waals surface area (Å²) in [7, 11) is 0. The van der Waals surface area contributed by atoms with E-state index in [-0.39, 0.29) is 5.91 Å². The Morgan fingerprint density at radius 3 is 2.68 bits per heavy atom. The first-order chi connectivity index (χ1) is 12.1. The number of pyridine rings is 1. The van der Waals surface area contributed by atoms with Crippen LogP contribution in [0.1, 0.15) is 24.3 Å². The second-order valence-corrected chi connectivity index (χ2v) is 7.04. The average Bonchev–Trinajstić information content (AvgIpc) is 3.09. The van der Waals surface area contributed by atoms with E-state index in [1.807, 2.05) is 35.7 Å². The number of aromatic nitrogens is 1. The summed E-state index contributed by atoms with van der Waals surface area (Å²) in [5.74, 6) is 1.01. The van der Waals surface area contributed by atoms with Gasteiger partial charge in [0, 0.05) is 29.0 Å². The number of carbonyl (C=O) groups is 1. The Kier molecular flexibility index (Phi) is 5.34. The van der Waals surface area contributed by atoms with Crippen LogP contribution in [0.5, 0.6) is 0 Å². The molecule has 2 aromatic heterocycles. The average molecular weight is 353 g/mol. The Hall–Kier alpha value is -2.40. The van der Waals surface area contributed by atoms with E-state index in [0.29, 0.717) is 6.42 Å². The predicted octanol–water partition coefficient (Wildman–Crippen LogP) is 4.63. The highest BCUT2D eigenvalue weighted by molar-refractivity contribution is 7.10. The molecule has 0 bridgehead atoms. The van der Waals surface area contributed by atoms with Crippen molar-refractivity contribution in [2.75, 3.05) is 23.3 Å². The molecule has 0 aliphatic carbocycles. The molecule has 0 saturated heterocycles. The fourth-order valence-electron chi connectivity index (χ4n) is 2.94. The molecule has 0 fully saturated rings. The van der Waals surface area contributed by atoms with Crippen LogP contribution in [0.25, 0.3) is 10.9 Å². The molecule has 1 N–H and O–H groups in total. The molecule has 0 aliphatic rings. The number of benzene rings is 1. The molecule has 25 heavy (non-hydrogen) atoms. The molecule has 1 aromatic carbocycles. The van der Waals surface area contributed by atoms with Crippen molar-refractivity contribution in [1.29, 1.82) is 0 Å². The number of rotatable bonds is 6. The summed E-state index contributed by atoms with van der Waals surface area (Å²) in [6, 6.07) is 12.0. The van der Waals surface area contributed by atoms with Gasteiger partial charge >= 0.3 is 0 Å². The smallest absolute Gasteiger partial charge is 0.229 e. The minimum atomic E-state index is 0.00664. The highest BCUT2D eigenvalue weighted by atomic mass is 32.1. The molecule has 0 unspecified atom stereocenters. The van der Waals surface area contributed by atoms with Gasteiger partial charge in [0.15, 0.2) is 0 Å². The van der Waals surface area contributed by atoms with Crippen LogP contribution in [0.4, 0.5) is 11.5 Å². The first-order valence-electron chi connectivity index (χ1n) is 8.59. The van der Waals surface area contributed by atoms with Gasteiger partial charge in [-0.3, -0.25) is 4.79 Å². The molecule has 0 aliphatic heterocycles. The molecule has 5 heteroatoms. The normalized spacial score (nSPS) is 10.8. The summed E-state index contributed by atoms with van der Waals surface area (Å²) >= 11 is 1.60. The van der Waals surface area contributed by atoms with Gasteiger partial charge in [-0.1, -0.05) is 6.07 Å². The van der Waals surface area contributed by atoms with Gasteiger partial charge in [-0.05, 0) is 62.0 Å². The molecular weight excluding hydrogens is 330 g/mol. The summed E-state index contributed by atoms with van der Waals surface area (Å²) < 4.78 is 0. The van der Waals surface area contributed by atoms with Gasteiger partial charge in [0.2, 0.25) is 5.91 Å². The van der Waals surface area contributed by atoms with Crippen LogP contribution in [0.15, 0.2) is 41.8 Å². The second-order valence-electron chi connectivity index (χ2n) is 6.01. The zero-order valence-electron chi connectivity index (χ0n) is 14.9. The number of hydrogen-bond acceptors (Lipinski definition) is 4. The van der Waals surface area contributed by atoms with Gasteiger partial charge in [-0.15, -0.1) is 11.3 Å². The molecule has 1 amide bonds. The van der Waals surface area contributed by atoms with Gasteiger partial charge < -0.3 is 10.2 Å². The monoisotopic (exact) mass is 353 g/mol. The number of anilines is 2. The predicted molar refractivity (Wildman–Crippen MR) is 107 cm³/mol. The van der Waals surface area contributed by atoms with E-state index in [4.69, 9.17) is 4.98 Å². The van der Waals surface area contributed by atoms with E-state index in [0.717, 1.165) is 40.4 Å². The maximum atomic E-state index is 12.2. The largest absolute Gasteiger partial charge is 0.357 e. The van der Waals surface area contributed by atoms with Crippen molar-refractivity contribution >= 4 is 39.7 Å². The number of carbonyl (C=O) groups excluding carboxylic acids is 1. The van der Waals surface area contributed by atoms with Gasteiger partial charge in [-0.2, -0.15) is 0 Å². The number of nitrogens with zero attached hydrogens (tertiary/aromatic N) is 2. The molecule has 0 spiro atoms. The lowest BCUT2D eigenvalue weighted by Gasteiger charge is -2.21. The summed E-state index contributed by atoms with van der Waals surface area (Å²) in [4.78, 5) is 20.3. The number of aryl methyl sites for hydroxylation is 1. The quantitative estimate of drug-likeness (QED) is 0.702. The van der Waals surface area contributed by atoms with Crippen molar-refractivity contribution in [3.05, 3.63) is 52.2 Å². The molecule has 2 heterocycles. The maximum absolute atomic E-state index is 12.2. The zero-order valence-corrected chi connectivity index (χ0v) is 15.7. The third kappa shape index (κ3) is 3.99. The lowest BCUT2D eigenvalue weighted by Crippen LogP contribution is -2.23. The van der Waals surface area contributed by atoms with Crippen molar-refractivity contribution < 1.29 is 4.79 Å². The summed E-state index contributed by atoms with van der Waals surface area (Å²) in [6.07, 6.45) is 0.411. The third-order valence-electron chi connectivity index (χ3n) is 4.29. The Balaban J connectivity index is 1.83. The standard InChI is InChI=1S/C20H23N3OS/c1-4-23(5-2)19-11-14(3)17-12-15(8-9-18(17)22-19)21-20(24)13-16-7-6-10-25-16/h6-12H,4-5,13H2,1-3H3,(H,21,24). The number of nitrogens with one attached hydrogen (secondary N) is 1. The summed E-state index contributed by atoms with van der Waals surface area (Å²) in [5, 5.41) is 6.05. The SMILES string of the molecule is CCN(CC)c1cc(C)c2cc(NC(=O)Cc3cccs3)ccc2n1. The van der Waals surface area contributed by atoms with Crippen molar-refractivity contribution in [3.8, 4) is 0 Å². The Labute approximate surface area is 152 Å². The van der Waals surface area contributed by atoms with Crippen molar-refractivity contribution in [2.45, 2.75) is 27.2 Å². The minimum absolute atomic E-state index is 0.00664. The van der Waals surface area contributed by atoms with Crippen LogP contribution in [0, 0.1) is 6.92 Å². The lowest BCUT2D eigenvalue weighted by molar-refractivity contribution is -0.115. The number of hydrogen-bond donors (Lipinski definition) is 1. The maximum Gasteiger partial charge on any atom is 0.229 e. The van der Waals surface area contributed by atoms with E-state index in [2.05, 4.69) is 37.1 Å². The Morgan fingerprint density at radius 1 is 1.20 bits per heavy atom. The molecule has 3 aromatic rings. The topological polar surface area (TPSA) is 45.2 Å². The van der Waals surface area contributed by atoms with Crippen LogP contribution in [0.2, 0.25) is 0 Å². The van der Waals surface area contributed by atoms with Crippen LogP contribution in [-0.2, 0) is 11.2 Å². The van der Waals surface area contributed by atoms with Gasteiger partial charge in [-0.25, -0.2) is 4.98 Å². The van der Waals surface area contributed by atoms with E-state index in [9.17, 15) is 4.79 Å². The summed E-state index contributed by atoms with van der Waals surface area (Å²) in [5.41, 5.74) is 2.94. The van der Waals surface area contributed by atoms with E-state index < -0.39 is 0 Å².